The maximum atomic E-state index is 13.8. The summed E-state index contributed by atoms with van der Waals surface area (Å²) < 4.78 is 32.5. The summed E-state index contributed by atoms with van der Waals surface area (Å²) in [5.74, 6) is -3.47. The number of carbonyl (C=O) groups is 2. The van der Waals surface area contributed by atoms with E-state index in [2.05, 4.69) is 5.32 Å². The lowest BCUT2D eigenvalue weighted by Gasteiger charge is -2.09. The van der Waals surface area contributed by atoms with Crippen LogP contribution < -0.4 is 10.1 Å². The van der Waals surface area contributed by atoms with Crippen molar-refractivity contribution in [1.82, 2.24) is 5.32 Å². The number of carboxylic acid groups (broad SMARTS) is 1. The van der Waals surface area contributed by atoms with Crippen molar-refractivity contribution in [3.63, 3.8) is 0 Å². The average molecular weight is 361 g/mol. The molecule has 1 amide bonds. The third-order valence-corrected chi connectivity index (χ3v) is 4.46. The number of nitrogens with one attached hydrogen (secondary N) is 1. The molecule has 2 atom stereocenters. The van der Waals surface area contributed by atoms with Gasteiger partial charge in [-0.25, -0.2) is 13.6 Å². The van der Waals surface area contributed by atoms with Gasteiger partial charge in [-0.15, -0.1) is 0 Å². The van der Waals surface area contributed by atoms with Gasteiger partial charge in [0.05, 0.1) is 7.11 Å². The third-order valence-electron chi connectivity index (χ3n) is 4.46. The van der Waals surface area contributed by atoms with Crippen molar-refractivity contribution in [2.24, 2.45) is 5.92 Å². The molecule has 136 valence electrons. The largest absolute Gasteiger partial charge is 0.496 e. The molecular weight excluding hydrogens is 344 g/mol. The van der Waals surface area contributed by atoms with Crippen molar-refractivity contribution in [1.29, 1.82) is 0 Å². The summed E-state index contributed by atoms with van der Waals surface area (Å²) in [5, 5.41) is 11.9. The van der Waals surface area contributed by atoms with Gasteiger partial charge < -0.3 is 15.2 Å². The Labute approximate surface area is 148 Å². The monoisotopic (exact) mass is 361 g/mol. The summed E-state index contributed by atoms with van der Waals surface area (Å²) in [6.07, 6.45) is 0.382. The number of benzene rings is 2. The summed E-state index contributed by atoms with van der Waals surface area (Å²) >= 11 is 0. The first-order valence-corrected chi connectivity index (χ1v) is 8.04. The van der Waals surface area contributed by atoms with Gasteiger partial charge in [0, 0.05) is 23.9 Å². The Balaban J connectivity index is 1.64. The minimum atomic E-state index is -1.13. The van der Waals surface area contributed by atoms with Crippen molar-refractivity contribution in [2.45, 2.75) is 18.9 Å². The van der Waals surface area contributed by atoms with Crippen LogP contribution in [0.1, 0.15) is 33.8 Å². The van der Waals surface area contributed by atoms with Gasteiger partial charge in [0.25, 0.3) is 0 Å². The van der Waals surface area contributed by atoms with Crippen molar-refractivity contribution in [3.8, 4) is 5.75 Å². The van der Waals surface area contributed by atoms with E-state index in [-0.39, 0.29) is 29.3 Å². The van der Waals surface area contributed by atoms with Crippen LogP contribution in [0.25, 0.3) is 0 Å². The van der Waals surface area contributed by atoms with Gasteiger partial charge in [-0.05, 0) is 36.2 Å². The molecule has 1 aliphatic rings. The molecule has 0 bridgehead atoms. The Kier molecular flexibility index (Phi) is 4.88. The number of carboxylic acids is 1. The van der Waals surface area contributed by atoms with Crippen LogP contribution >= 0.6 is 0 Å². The highest BCUT2D eigenvalue weighted by Crippen LogP contribution is 2.49. The molecule has 0 heterocycles. The standard InChI is InChI=1S/C19H17F2NO4/c1-26-16-6-5-10(7-13(16)19(24)25)9-22-18(23)12-8-11(12)17-14(20)3-2-4-15(17)21/h2-7,11-12H,8-9H2,1H3,(H,22,23)(H,24,25)/t11-,12+/m1/s1. The molecule has 26 heavy (non-hydrogen) atoms. The maximum absolute atomic E-state index is 13.8. The molecule has 5 nitrogen and oxygen atoms in total. The van der Waals surface area contributed by atoms with Crippen LogP contribution in [0.3, 0.4) is 0 Å². The molecule has 0 unspecified atom stereocenters. The van der Waals surface area contributed by atoms with Gasteiger partial charge in [0.1, 0.15) is 22.9 Å². The summed E-state index contributed by atoms with van der Waals surface area (Å²) in [5.41, 5.74) is 0.535. The number of methoxy groups -OCH3 is 1. The molecule has 1 aliphatic carbocycles. The number of rotatable bonds is 6. The molecule has 2 aromatic rings. The van der Waals surface area contributed by atoms with Gasteiger partial charge in [0.2, 0.25) is 5.91 Å². The maximum Gasteiger partial charge on any atom is 0.339 e. The number of carbonyl (C=O) groups excluding carboxylic acids is 1. The third kappa shape index (κ3) is 3.51. The second-order valence-electron chi connectivity index (χ2n) is 6.14. The second kappa shape index (κ2) is 7.11. The van der Waals surface area contributed by atoms with Crippen molar-refractivity contribution in [3.05, 3.63) is 64.7 Å². The predicted molar refractivity (Wildman–Crippen MR) is 89.0 cm³/mol. The summed E-state index contributed by atoms with van der Waals surface area (Å²) in [6.45, 7) is 0.117. The molecule has 0 radical (unpaired) electrons. The van der Waals surface area contributed by atoms with Crippen molar-refractivity contribution < 1.29 is 28.2 Å². The highest BCUT2D eigenvalue weighted by Gasteiger charge is 2.46. The Morgan fingerprint density at radius 2 is 1.92 bits per heavy atom. The second-order valence-corrected chi connectivity index (χ2v) is 6.14. The van der Waals surface area contributed by atoms with Crippen LogP contribution in [0.2, 0.25) is 0 Å². The number of amides is 1. The van der Waals surface area contributed by atoms with E-state index >= 15 is 0 Å². The molecule has 1 fully saturated rings. The van der Waals surface area contributed by atoms with E-state index in [1.165, 1.54) is 37.4 Å². The van der Waals surface area contributed by atoms with Crippen LogP contribution in [0.4, 0.5) is 8.78 Å². The summed E-state index contributed by atoms with van der Waals surface area (Å²) in [4.78, 5) is 23.4. The zero-order valence-corrected chi connectivity index (χ0v) is 14.0. The van der Waals surface area contributed by atoms with Crippen LogP contribution in [0.5, 0.6) is 5.75 Å². The van der Waals surface area contributed by atoms with Gasteiger partial charge in [-0.1, -0.05) is 12.1 Å². The Morgan fingerprint density at radius 1 is 1.23 bits per heavy atom. The molecule has 0 aliphatic heterocycles. The van der Waals surface area contributed by atoms with E-state index in [0.717, 1.165) is 0 Å². The lowest BCUT2D eigenvalue weighted by molar-refractivity contribution is -0.122. The smallest absolute Gasteiger partial charge is 0.339 e. The molecule has 1 saturated carbocycles. The summed E-state index contributed by atoms with van der Waals surface area (Å²) in [7, 11) is 1.37. The minimum Gasteiger partial charge on any atom is -0.496 e. The Morgan fingerprint density at radius 3 is 2.54 bits per heavy atom. The SMILES string of the molecule is COc1ccc(CNC(=O)[C@H]2C[C@H]2c2c(F)cccc2F)cc1C(=O)O. The molecule has 0 aromatic heterocycles. The first kappa shape index (κ1) is 17.8. The van der Waals surface area contributed by atoms with E-state index in [0.29, 0.717) is 12.0 Å². The Bertz CT molecular complexity index is 848. The van der Waals surface area contributed by atoms with E-state index in [4.69, 9.17) is 4.74 Å². The molecule has 0 spiro atoms. The van der Waals surface area contributed by atoms with E-state index < -0.39 is 29.4 Å². The number of halogens is 2. The van der Waals surface area contributed by atoms with E-state index in [1.54, 1.807) is 6.07 Å². The predicted octanol–water partition coefficient (Wildman–Crippen LogP) is 3.09. The van der Waals surface area contributed by atoms with Crippen LogP contribution in [-0.2, 0) is 11.3 Å². The van der Waals surface area contributed by atoms with Crippen LogP contribution in [0, 0.1) is 17.6 Å². The topological polar surface area (TPSA) is 75.6 Å². The van der Waals surface area contributed by atoms with Crippen molar-refractivity contribution >= 4 is 11.9 Å². The van der Waals surface area contributed by atoms with Gasteiger partial charge in [0.15, 0.2) is 0 Å². The number of aromatic carboxylic acids is 1. The normalized spacial score (nSPS) is 18.3. The molecule has 2 N–H and O–H groups in total. The fraction of sp³-hybridized carbons (Fsp3) is 0.263. The molecular formula is C19H17F2NO4. The first-order chi connectivity index (χ1) is 12.4. The van der Waals surface area contributed by atoms with Crippen LogP contribution in [0.15, 0.2) is 36.4 Å². The highest BCUT2D eigenvalue weighted by atomic mass is 19.1. The van der Waals surface area contributed by atoms with E-state index in [1.807, 2.05) is 0 Å². The van der Waals surface area contributed by atoms with Gasteiger partial charge >= 0.3 is 5.97 Å². The number of hydrogen-bond donors (Lipinski definition) is 2. The minimum absolute atomic E-state index is 0.00280. The van der Waals surface area contributed by atoms with Crippen molar-refractivity contribution in [2.75, 3.05) is 7.11 Å². The fourth-order valence-corrected chi connectivity index (χ4v) is 3.02. The lowest BCUT2D eigenvalue weighted by Crippen LogP contribution is -2.25. The quantitative estimate of drug-likeness (QED) is 0.829. The zero-order valence-electron chi connectivity index (χ0n) is 14.0. The zero-order chi connectivity index (χ0) is 18.8. The van der Waals surface area contributed by atoms with Gasteiger partial charge in [-0.3, -0.25) is 4.79 Å². The molecule has 3 rings (SSSR count). The summed E-state index contributed by atoms with van der Waals surface area (Å²) in [6, 6.07) is 8.22. The molecule has 2 aromatic carbocycles. The fourth-order valence-electron chi connectivity index (χ4n) is 3.02. The molecule has 0 saturated heterocycles. The average Bonchev–Trinajstić information content (AvgIpc) is 3.39. The molecule has 7 heteroatoms. The Hall–Kier alpha value is -2.96. The number of hydrogen-bond acceptors (Lipinski definition) is 3. The van der Waals surface area contributed by atoms with Crippen LogP contribution in [-0.4, -0.2) is 24.1 Å². The number of ether oxygens (including phenoxy) is 1. The lowest BCUT2D eigenvalue weighted by atomic mass is 10.1. The van der Waals surface area contributed by atoms with Gasteiger partial charge in [-0.2, -0.15) is 0 Å². The highest BCUT2D eigenvalue weighted by molar-refractivity contribution is 5.91. The van der Waals surface area contributed by atoms with E-state index in [9.17, 15) is 23.5 Å². The first-order valence-electron chi connectivity index (χ1n) is 8.04.